The molecule has 11 nitrogen and oxygen atoms in total. The van der Waals surface area contributed by atoms with Gasteiger partial charge in [0.15, 0.2) is 17.3 Å². The van der Waals surface area contributed by atoms with Gasteiger partial charge in [-0.1, -0.05) is 12.1 Å². The number of aliphatic hydroxyl groups is 1. The Bertz CT molecular complexity index is 1370. The van der Waals surface area contributed by atoms with Crippen molar-refractivity contribution in [3.05, 3.63) is 69.8 Å². The number of hydrogen-bond donors (Lipinski definition) is 2. The molecular formula is C24H26N6O5. The van der Waals surface area contributed by atoms with Crippen molar-refractivity contribution in [2.24, 2.45) is 0 Å². The van der Waals surface area contributed by atoms with Gasteiger partial charge in [0.25, 0.3) is 5.56 Å². The highest BCUT2D eigenvalue weighted by Gasteiger charge is 2.17. The average Bonchev–Trinajstić information content (AvgIpc) is 3.30. The highest BCUT2D eigenvalue weighted by molar-refractivity contribution is 5.83. The molecule has 0 amide bonds. The Balaban J connectivity index is 1.35. The lowest BCUT2D eigenvalue weighted by Crippen LogP contribution is -2.30. The van der Waals surface area contributed by atoms with Gasteiger partial charge in [0.1, 0.15) is 19.0 Å². The number of H-pyrrole nitrogens is 1. The number of benzene rings is 2. The van der Waals surface area contributed by atoms with Gasteiger partial charge in [-0.05, 0) is 40.3 Å². The van der Waals surface area contributed by atoms with Gasteiger partial charge in [0.2, 0.25) is 0 Å². The lowest BCUT2D eigenvalue weighted by molar-refractivity contribution is 0.172. The topological polar surface area (TPSA) is 128 Å². The number of aromatic nitrogens is 5. The molecule has 2 aromatic heterocycles. The highest BCUT2D eigenvalue weighted by Crippen LogP contribution is 2.33. The van der Waals surface area contributed by atoms with E-state index in [1.165, 1.54) is 0 Å². The second-order valence-electron chi connectivity index (χ2n) is 8.24. The standard InChI is InChI=1S/C24H26N6O5/c1-33-19-4-2-16(3-5-19)13-30-23(26-27-28-30)15-29(6-7-31)14-18-10-17-11-21-22(35-9-8-34-21)12-20(17)25-24(18)32/h2-5,10-12,31H,6-9,13-15H2,1H3,(H,25,32). The van der Waals surface area contributed by atoms with Crippen molar-refractivity contribution in [2.45, 2.75) is 19.6 Å². The van der Waals surface area contributed by atoms with E-state index in [2.05, 4.69) is 20.5 Å². The number of hydrogen-bond acceptors (Lipinski definition) is 9. The molecule has 11 heteroatoms. The minimum absolute atomic E-state index is 0.0653. The molecule has 182 valence electrons. The number of nitrogens with zero attached hydrogens (tertiary/aromatic N) is 5. The molecule has 0 aliphatic carbocycles. The first-order chi connectivity index (χ1) is 17.1. The van der Waals surface area contributed by atoms with Crippen LogP contribution in [0.4, 0.5) is 0 Å². The molecule has 3 heterocycles. The van der Waals surface area contributed by atoms with E-state index in [-0.39, 0.29) is 12.2 Å². The van der Waals surface area contributed by atoms with Gasteiger partial charge in [0, 0.05) is 30.1 Å². The summed E-state index contributed by atoms with van der Waals surface area (Å²) in [6.45, 7) is 2.43. The van der Waals surface area contributed by atoms with E-state index < -0.39 is 0 Å². The van der Waals surface area contributed by atoms with Crippen molar-refractivity contribution in [1.29, 1.82) is 0 Å². The highest BCUT2D eigenvalue weighted by atomic mass is 16.6. The largest absolute Gasteiger partial charge is 0.497 e. The number of nitrogens with one attached hydrogen (secondary N) is 1. The number of ether oxygens (including phenoxy) is 3. The first-order valence-electron chi connectivity index (χ1n) is 11.3. The smallest absolute Gasteiger partial charge is 0.252 e. The molecule has 0 unspecified atom stereocenters. The summed E-state index contributed by atoms with van der Waals surface area (Å²) in [5, 5.41) is 22.6. The Morgan fingerprint density at radius 3 is 2.63 bits per heavy atom. The molecule has 1 aliphatic heterocycles. The van der Waals surface area contributed by atoms with Gasteiger partial charge in [-0.25, -0.2) is 4.68 Å². The second kappa shape index (κ2) is 10.1. The lowest BCUT2D eigenvalue weighted by atomic mass is 10.1. The van der Waals surface area contributed by atoms with E-state index in [0.717, 1.165) is 16.7 Å². The SMILES string of the molecule is COc1ccc(Cn2nnnc2CN(CCO)Cc2cc3cc4c(cc3[nH]c2=O)OCCO4)cc1. The quantitative estimate of drug-likeness (QED) is 0.366. The third-order valence-electron chi connectivity index (χ3n) is 5.86. The molecule has 35 heavy (non-hydrogen) atoms. The summed E-state index contributed by atoms with van der Waals surface area (Å²) in [4.78, 5) is 17.7. The average molecular weight is 479 g/mol. The van der Waals surface area contributed by atoms with Gasteiger partial charge in [-0.2, -0.15) is 0 Å². The van der Waals surface area contributed by atoms with Crippen LogP contribution in [0.15, 0.2) is 47.3 Å². The van der Waals surface area contributed by atoms with Gasteiger partial charge < -0.3 is 24.3 Å². The number of rotatable bonds is 9. The predicted molar refractivity (Wildman–Crippen MR) is 127 cm³/mol. The van der Waals surface area contributed by atoms with E-state index >= 15 is 0 Å². The van der Waals surface area contributed by atoms with E-state index in [9.17, 15) is 9.90 Å². The molecule has 5 rings (SSSR count). The van der Waals surface area contributed by atoms with Crippen LogP contribution >= 0.6 is 0 Å². The summed E-state index contributed by atoms with van der Waals surface area (Å²) in [5.41, 5.74) is 2.07. The van der Waals surface area contributed by atoms with Crippen LogP contribution in [0.1, 0.15) is 17.0 Å². The predicted octanol–water partition coefficient (Wildman–Crippen LogP) is 1.34. The lowest BCUT2D eigenvalue weighted by Gasteiger charge is -2.21. The van der Waals surface area contributed by atoms with Crippen LogP contribution in [0.3, 0.4) is 0 Å². The first kappa shape index (κ1) is 22.8. The molecule has 0 atom stereocenters. The van der Waals surface area contributed by atoms with Crippen LogP contribution in [-0.4, -0.2) is 68.7 Å². The Morgan fingerprint density at radius 1 is 1.11 bits per heavy atom. The fourth-order valence-electron chi connectivity index (χ4n) is 4.06. The summed E-state index contributed by atoms with van der Waals surface area (Å²) in [6.07, 6.45) is 0. The minimum atomic E-state index is -0.199. The van der Waals surface area contributed by atoms with Gasteiger partial charge in [0.05, 0.1) is 32.3 Å². The normalized spacial score (nSPS) is 12.9. The summed E-state index contributed by atoms with van der Waals surface area (Å²) in [6, 6.07) is 13.2. The number of pyridine rings is 1. The zero-order chi connectivity index (χ0) is 24.2. The number of fused-ring (bicyclic) bond motifs is 2. The van der Waals surface area contributed by atoms with Gasteiger partial charge >= 0.3 is 0 Å². The van der Waals surface area contributed by atoms with Crippen LogP contribution in [0.2, 0.25) is 0 Å². The zero-order valence-corrected chi connectivity index (χ0v) is 19.3. The molecule has 2 N–H and O–H groups in total. The van der Waals surface area contributed by atoms with E-state index in [1.54, 1.807) is 17.9 Å². The Kier molecular flexibility index (Phi) is 6.59. The summed E-state index contributed by atoms with van der Waals surface area (Å²) in [5.74, 6) is 2.69. The number of tetrazole rings is 1. The summed E-state index contributed by atoms with van der Waals surface area (Å²) in [7, 11) is 1.63. The Labute approximate surface area is 200 Å². The van der Waals surface area contributed by atoms with Gasteiger partial charge in [-0.3, -0.25) is 9.69 Å². The molecule has 0 radical (unpaired) electrons. The Hall–Kier alpha value is -3.96. The van der Waals surface area contributed by atoms with E-state index in [0.29, 0.717) is 67.8 Å². The van der Waals surface area contributed by atoms with Crippen molar-refractivity contribution < 1.29 is 19.3 Å². The molecule has 0 saturated carbocycles. The number of methoxy groups -OCH3 is 1. The molecule has 2 aromatic carbocycles. The van der Waals surface area contributed by atoms with Crippen LogP contribution in [0.25, 0.3) is 10.9 Å². The van der Waals surface area contributed by atoms with Crippen LogP contribution in [0, 0.1) is 0 Å². The van der Waals surface area contributed by atoms with Crippen LogP contribution in [-0.2, 0) is 19.6 Å². The van der Waals surface area contributed by atoms with Crippen LogP contribution < -0.4 is 19.8 Å². The fraction of sp³-hybridized carbons (Fsp3) is 0.333. The maximum Gasteiger partial charge on any atom is 0.252 e. The Morgan fingerprint density at radius 2 is 1.89 bits per heavy atom. The maximum atomic E-state index is 12.8. The first-order valence-corrected chi connectivity index (χ1v) is 11.3. The second-order valence-corrected chi connectivity index (χ2v) is 8.24. The van der Waals surface area contributed by atoms with Crippen molar-refractivity contribution in [2.75, 3.05) is 33.5 Å². The fourth-order valence-corrected chi connectivity index (χ4v) is 4.06. The molecule has 0 saturated heterocycles. The molecule has 0 fully saturated rings. The summed E-state index contributed by atoms with van der Waals surface area (Å²) >= 11 is 0. The number of aromatic amines is 1. The minimum Gasteiger partial charge on any atom is -0.497 e. The van der Waals surface area contributed by atoms with Crippen LogP contribution in [0.5, 0.6) is 17.2 Å². The van der Waals surface area contributed by atoms with Crippen molar-refractivity contribution in [1.82, 2.24) is 30.1 Å². The van der Waals surface area contributed by atoms with Crippen molar-refractivity contribution in [3.8, 4) is 17.2 Å². The zero-order valence-electron chi connectivity index (χ0n) is 19.3. The third-order valence-corrected chi connectivity index (χ3v) is 5.86. The van der Waals surface area contributed by atoms with Crippen molar-refractivity contribution in [3.63, 3.8) is 0 Å². The van der Waals surface area contributed by atoms with E-state index in [1.807, 2.05) is 41.3 Å². The van der Waals surface area contributed by atoms with E-state index in [4.69, 9.17) is 14.2 Å². The van der Waals surface area contributed by atoms with Gasteiger partial charge in [-0.15, -0.1) is 5.10 Å². The number of aliphatic hydroxyl groups excluding tert-OH is 1. The van der Waals surface area contributed by atoms with Crippen molar-refractivity contribution >= 4 is 10.9 Å². The summed E-state index contributed by atoms with van der Waals surface area (Å²) < 4.78 is 18.2. The third kappa shape index (κ3) is 5.10. The molecule has 4 aromatic rings. The molecule has 0 bridgehead atoms. The molecular weight excluding hydrogens is 452 g/mol. The molecule has 0 spiro atoms. The maximum absolute atomic E-state index is 12.8. The monoisotopic (exact) mass is 478 g/mol. The molecule has 1 aliphatic rings.